The normalized spacial score (nSPS) is 17.0. The zero-order valence-corrected chi connectivity index (χ0v) is 17.4. The Kier molecular flexibility index (Phi) is 5.35. The summed E-state index contributed by atoms with van der Waals surface area (Å²) in [6, 6.07) is 3.28. The highest BCUT2D eigenvalue weighted by molar-refractivity contribution is 5.94. The van der Waals surface area contributed by atoms with Crippen molar-refractivity contribution in [2.24, 2.45) is 14.1 Å². The van der Waals surface area contributed by atoms with Gasteiger partial charge >= 0.3 is 11.9 Å². The molecule has 0 aliphatic carbocycles. The average Bonchev–Trinajstić information content (AvgIpc) is 2.80. The lowest BCUT2D eigenvalue weighted by atomic mass is 9.96. The molecule has 1 aliphatic heterocycles. The number of halogens is 3. The lowest BCUT2D eigenvalue weighted by Crippen LogP contribution is -2.40. The molecule has 32 heavy (non-hydrogen) atoms. The van der Waals surface area contributed by atoms with Gasteiger partial charge in [-0.2, -0.15) is 13.2 Å². The number of aryl methyl sites for hydroxylation is 1. The second-order valence-corrected chi connectivity index (χ2v) is 7.75. The molecule has 1 saturated heterocycles. The van der Waals surface area contributed by atoms with E-state index in [1.54, 1.807) is 12.1 Å². The maximum Gasteiger partial charge on any atom is 0.417 e. The number of carbonyl (C=O) groups excluding carboxylic acids is 1. The minimum absolute atomic E-state index is 0.00924. The minimum atomic E-state index is -4.85. The molecular formula is C21H20F3N5O3. The Morgan fingerprint density at radius 2 is 1.91 bits per heavy atom. The predicted molar refractivity (Wildman–Crippen MR) is 109 cm³/mol. The van der Waals surface area contributed by atoms with Crippen molar-refractivity contribution < 1.29 is 18.0 Å². The summed E-state index contributed by atoms with van der Waals surface area (Å²) in [6.45, 7) is 0.342. The molecule has 0 unspecified atom stereocenters. The molecular weight excluding hydrogens is 427 g/mol. The maximum atomic E-state index is 14.0. The van der Waals surface area contributed by atoms with Crippen LogP contribution in [0.25, 0.3) is 11.0 Å². The quantitative estimate of drug-likeness (QED) is 0.602. The van der Waals surface area contributed by atoms with Gasteiger partial charge in [0.15, 0.2) is 0 Å². The van der Waals surface area contributed by atoms with Crippen LogP contribution in [0.15, 0.2) is 40.2 Å². The van der Waals surface area contributed by atoms with Crippen molar-refractivity contribution in [1.82, 2.24) is 24.0 Å². The molecule has 0 N–H and O–H groups in total. The molecule has 168 valence electrons. The minimum Gasteiger partial charge on any atom is -0.330 e. The first-order valence-corrected chi connectivity index (χ1v) is 10.00. The van der Waals surface area contributed by atoms with Crippen molar-refractivity contribution in [3.8, 4) is 0 Å². The van der Waals surface area contributed by atoms with E-state index in [0.29, 0.717) is 35.9 Å². The van der Waals surface area contributed by atoms with E-state index in [9.17, 15) is 27.6 Å². The molecule has 4 heterocycles. The highest BCUT2D eigenvalue weighted by Gasteiger charge is 2.38. The second kappa shape index (κ2) is 7.88. The fraction of sp³-hybridized carbons (Fsp3) is 0.381. The van der Waals surface area contributed by atoms with Gasteiger partial charge < -0.3 is 4.90 Å². The van der Waals surface area contributed by atoms with E-state index >= 15 is 0 Å². The van der Waals surface area contributed by atoms with Crippen LogP contribution in [0.2, 0.25) is 0 Å². The number of hydrogen-bond donors (Lipinski definition) is 0. The van der Waals surface area contributed by atoms with Crippen LogP contribution in [0, 0.1) is 0 Å². The van der Waals surface area contributed by atoms with Crippen LogP contribution < -0.4 is 11.2 Å². The van der Waals surface area contributed by atoms with Gasteiger partial charge in [0.2, 0.25) is 0 Å². The Morgan fingerprint density at radius 3 is 2.56 bits per heavy atom. The molecule has 1 atom stereocenters. The Labute approximate surface area is 179 Å². The molecule has 8 nitrogen and oxygen atoms in total. The number of rotatable bonds is 2. The number of pyridine rings is 2. The predicted octanol–water partition coefficient (Wildman–Crippen LogP) is 2.41. The average molecular weight is 447 g/mol. The number of hydrogen-bond acceptors (Lipinski definition) is 5. The summed E-state index contributed by atoms with van der Waals surface area (Å²) in [7, 11) is 2.38. The van der Waals surface area contributed by atoms with Gasteiger partial charge in [0, 0.05) is 33.0 Å². The van der Waals surface area contributed by atoms with Gasteiger partial charge in [-0.15, -0.1) is 0 Å². The van der Waals surface area contributed by atoms with Crippen molar-refractivity contribution in [2.75, 3.05) is 6.54 Å². The van der Waals surface area contributed by atoms with Gasteiger partial charge in [0.25, 0.3) is 11.5 Å². The van der Waals surface area contributed by atoms with Gasteiger partial charge in [-0.3, -0.25) is 23.7 Å². The topological polar surface area (TPSA) is 90.1 Å². The van der Waals surface area contributed by atoms with Crippen molar-refractivity contribution in [3.63, 3.8) is 0 Å². The summed E-state index contributed by atoms with van der Waals surface area (Å²) in [5.74, 6) is -0.365. The van der Waals surface area contributed by atoms with Gasteiger partial charge in [-0.05, 0) is 37.5 Å². The first kappa shape index (κ1) is 21.7. The van der Waals surface area contributed by atoms with E-state index in [1.807, 2.05) is 0 Å². The van der Waals surface area contributed by atoms with E-state index in [-0.39, 0.29) is 17.2 Å². The molecule has 4 rings (SSSR count). The standard InChI is InChI=1S/C21H20F3N5O3/c1-27-17-16(19(31)28(2)20(27)32)13(21(22,23)24)10-14(26-17)15-7-3-4-9-29(15)18(30)12-6-5-8-25-11-12/h5-6,8,10-11,15H,3-4,7,9H2,1-2H3/t15-/m1/s1. The van der Waals surface area contributed by atoms with Gasteiger partial charge in [-0.1, -0.05) is 0 Å². The van der Waals surface area contributed by atoms with E-state index in [2.05, 4.69) is 9.97 Å². The van der Waals surface area contributed by atoms with E-state index in [1.165, 1.54) is 24.3 Å². The van der Waals surface area contributed by atoms with Crippen molar-refractivity contribution in [3.05, 3.63) is 68.3 Å². The number of aromatic nitrogens is 4. The van der Waals surface area contributed by atoms with Crippen molar-refractivity contribution in [1.29, 1.82) is 0 Å². The SMILES string of the molecule is Cn1c(=O)c2c(C(F)(F)F)cc([C@H]3CCCCN3C(=O)c3cccnc3)nc2n(C)c1=O. The smallest absolute Gasteiger partial charge is 0.330 e. The maximum absolute atomic E-state index is 14.0. The molecule has 0 saturated carbocycles. The Bertz CT molecular complexity index is 1310. The molecule has 1 amide bonds. The summed E-state index contributed by atoms with van der Waals surface area (Å²) < 4.78 is 43.5. The second-order valence-electron chi connectivity index (χ2n) is 7.75. The molecule has 3 aromatic heterocycles. The Morgan fingerprint density at radius 1 is 1.16 bits per heavy atom. The van der Waals surface area contributed by atoms with Crippen LogP contribution in [0.3, 0.4) is 0 Å². The van der Waals surface area contributed by atoms with E-state index in [4.69, 9.17) is 0 Å². The first-order valence-electron chi connectivity index (χ1n) is 10.00. The summed E-state index contributed by atoms with van der Waals surface area (Å²) >= 11 is 0. The highest BCUT2D eigenvalue weighted by Crippen LogP contribution is 2.37. The molecule has 11 heteroatoms. The highest BCUT2D eigenvalue weighted by atomic mass is 19.4. The van der Waals surface area contributed by atoms with Crippen LogP contribution >= 0.6 is 0 Å². The molecule has 3 aromatic rings. The summed E-state index contributed by atoms with van der Waals surface area (Å²) in [5.41, 5.74) is -3.08. The third-order valence-electron chi connectivity index (χ3n) is 5.75. The number of fused-ring (bicyclic) bond motifs is 1. The van der Waals surface area contributed by atoms with Crippen molar-refractivity contribution in [2.45, 2.75) is 31.5 Å². The Balaban J connectivity index is 1.94. The number of nitrogens with zero attached hydrogens (tertiary/aromatic N) is 5. The molecule has 1 aliphatic rings. The zero-order valence-electron chi connectivity index (χ0n) is 17.4. The zero-order chi connectivity index (χ0) is 23.2. The number of carbonyl (C=O) groups is 1. The lowest BCUT2D eigenvalue weighted by molar-refractivity contribution is -0.136. The molecule has 0 bridgehead atoms. The molecule has 0 radical (unpaired) electrons. The van der Waals surface area contributed by atoms with Gasteiger partial charge in [0.1, 0.15) is 5.65 Å². The largest absolute Gasteiger partial charge is 0.417 e. The summed E-state index contributed by atoms with van der Waals surface area (Å²) in [6.07, 6.45) is -0.144. The third-order valence-corrected chi connectivity index (χ3v) is 5.75. The molecule has 0 spiro atoms. The van der Waals surface area contributed by atoms with Crippen LogP contribution in [0.1, 0.15) is 46.9 Å². The monoisotopic (exact) mass is 447 g/mol. The van der Waals surface area contributed by atoms with E-state index in [0.717, 1.165) is 17.7 Å². The first-order chi connectivity index (χ1) is 15.1. The van der Waals surface area contributed by atoms with Crippen molar-refractivity contribution >= 4 is 16.9 Å². The fourth-order valence-corrected chi connectivity index (χ4v) is 4.11. The van der Waals surface area contributed by atoms with Crippen LogP contribution in [-0.4, -0.2) is 36.5 Å². The number of alkyl halides is 3. The van der Waals surface area contributed by atoms with Crippen LogP contribution in [0.5, 0.6) is 0 Å². The van der Waals surface area contributed by atoms with Gasteiger partial charge in [-0.25, -0.2) is 9.78 Å². The number of amides is 1. The molecule has 1 fully saturated rings. The fourth-order valence-electron chi connectivity index (χ4n) is 4.11. The Hall–Kier alpha value is -3.50. The van der Waals surface area contributed by atoms with E-state index < -0.39 is 34.4 Å². The number of piperidine rings is 1. The molecule has 0 aromatic carbocycles. The summed E-state index contributed by atoms with van der Waals surface area (Å²) in [4.78, 5) is 47.7. The number of likely N-dealkylation sites (tertiary alicyclic amines) is 1. The van der Waals surface area contributed by atoms with Crippen LogP contribution in [-0.2, 0) is 20.3 Å². The van der Waals surface area contributed by atoms with Gasteiger partial charge in [0.05, 0.1) is 28.2 Å². The van der Waals surface area contributed by atoms with Crippen LogP contribution in [0.4, 0.5) is 13.2 Å². The lowest BCUT2D eigenvalue weighted by Gasteiger charge is -2.35. The summed E-state index contributed by atoms with van der Waals surface area (Å²) in [5, 5.41) is -0.674. The third kappa shape index (κ3) is 3.57.